The van der Waals surface area contributed by atoms with Gasteiger partial charge in [0.15, 0.2) is 0 Å². The molecular weight excluding hydrogens is 256 g/mol. The van der Waals surface area contributed by atoms with E-state index >= 15 is 0 Å². The predicted octanol–water partition coefficient (Wildman–Crippen LogP) is 2.01. The minimum atomic E-state index is 0.0245. The molecular formula is C14H10N4O2. The maximum atomic E-state index is 10.1. The van der Waals surface area contributed by atoms with Crippen molar-refractivity contribution in [2.24, 2.45) is 0 Å². The van der Waals surface area contributed by atoms with Gasteiger partial charge in [0.25, 0.3) is 0 Å². The van der Waals surface area contributed by atoms with E-state index < -0.39 is 0 Å². The van der Waals surface area contributed by atoms with Gasteiger partial charge in [0.2, 0.25) is 0 Å². The smallest absolute Gasteiger partial charge is 0.124 e. The number of hydrogen-bond donors (Lipinski definition) is 2. The Kier molecular flexibility index (Phi) is 2.96. The van der Waals surface area contributed by atoms with Crippen molar-refractivity contribution in [2.75, 3.05) is 0 Å². The second-order valence-corrected chi connectivity index (χ2v) is 4.14. The van der Waals surface area contributed by atoms with Crippen LogP contribution in [0.5, 0.6) is 11.5 Å². The number of aromatic hydroxyl groups is 2. The molecule has 0 saturated carbocycles. The molecule has 0 radical (unpaired) electrons. The van der Waals surface area contributed by atoms with Gasteiger partial charge in [-0.25, -0.2) is 19.9 Å². The molecule has 0 aliphatic rings. The van der Waals surface area contributed by atoms with Crippen molar-refractivity contribution in [3.63, 3.8) is 0 Å². The summed E-state index contributed by atoms with van der Waals surface area (Å²) in [6.07, 6.45) is 9.05. The lowest BCUT2D eigenvalue weighted by Crippen LogP contribution is -1.87. The second kappa shape index (κ2) is 4.93. The molecule has 0 amide bonds. The van der Waals surface area contributed by atoms with Crippen LogP contribution in [0.4, 0.5) is 0 Å². The van der Waals surface area contributed by atoms with Crippen LogP contribution in [0.2, 0.25) is 0 Å². The van der Waals surface area contributed by atoms with Crippen molar-refractivity contribution < 1.29 is 10.2 Å². The third-order valence-electron chi connectivity index (χ3n) is 2.86. The predicted molar refractivity (Wildman–Crippen MR) is 71.8 cm³/mol. The highest BCUT2D eigenvalue weighted by Gasteiger charge is 2.12. The van der Waals surface area contributed by atoms with Crippen LogP contribution in [0.15, 0.2) is 49.6 Å². The molecule has 0 atom stereocenters. The molecule has 20 heavy (non-hydrogen) atoms. The lowest BCUT2D eigenvalue weighted by atomic mass is 10.0. The van der Waals surface area contributed by atoms with Gasteiger partial charge in [-0.3, -0.25) is 0 Å². The van der Waals surface area contributed by atoms with Gasteiger partial charge in [-0.1, -0.05) is 0 Å². The molecule has 2 heterocycles. The van der Waals surface area contributed by atoms with Crippen LogP contribution in [0.25, 0.3) is 22.3 Å². The average Bonchev–Trinajstić information content (AvgIpc) is 2.51. The first-order valence-corrected chi connectivity index (χ1v) is 5.82. The van der Waals surface area contributed by atoms with Gasteiger partial charge in [-0.05, 0) is 12.1 Å². The molecule has 3 aromatic rings. The normalized spacial score (nSPS) is 10.4. The van der Waals surface area contributed by atoms with E-state index in [0.29, 0.717) is 22.3 Å². The number of hydrogen-bond acceptors (Lipinski definition) is 6. The highest BCUT2D eigenvalue weighted by atomic mass is 16.3. The minimum Gasteiger partial charge on any atom is -0.507 e. The molecule has 0 unspecified atom stereocenters. The van der Waals surface area contributed by atoms with Crippen LogP contribution >= 0.6 is 0 Å². The van der Waals surface area contributed by atoms with E-state index in [9.17, 15) is 10.2 Å². The lowest BCUT2D eigenvalue weighted by molar-refractivity contribution is 0.463. The minimum absolute atomic E-state index is 0.0245. The van der Waals surface area contributed by atoms with E-state index in [0.717, 1.165) is 0 Å². The van der Waals surface area contributed by atoms with Gasteiger partial charge in [-0.2, -0.15) is 0 Å². The topological polar surface area (TPSA) is 92.0 Å². The van der Waals surface area contributed by atoms with Crippen LogP contribution < -0.4 is 0 Å². The van der Waals surface area contributed by atoms with Gasteiger partial charge in [0, 0.05) is 47.0 Å². The Labute approximate surface area is 114 Å². The largest absolute Gasteiger partial charge is 0.507 e. The number of nitrogens with zero attached hydrogens (tertiary/aromatic N) is 4. The van der Waals surface area contributed by atoms with Gasteiger partial charge >= 0.3 is 0 Å². The number of rotatable bonds is 2. The fourth-order valence-corrected chi connectivity index (χ4v) is 1.92. The van der Waals surface area contributed by atoms with Crippen LogP contribution in [-0.2, 0) is 0 Å². The van der Waals surface area contributed by atoms with Crippen LogP contribution in [-0.4, -0.2) is 30.1 Å². The molecule has 0 aliphatic carbocycles. The SMILES string of the molecule is Oc1cc(-c2cncnc2)c(O)cc1-c1cncnc1. The molecule has 2 aromatic heterocycles. The van der Waals surface area contributed by atoms with Crippen molar-refractivity contribution in [2.45, 2.75) is 0 Å². The van der Waals surface area contributed by atoms with E-state index in [1.54, 1.807) is 24.8 Å². The lowest BCUT2D eigenvalue weighted by Gasteiger charge is -2.09. The zero-order valence-electron chi connectivity index (χ0n) is 10.3. The summed E-state index contributed by atoms with van der Waals surface area (Å²) in [5.74, 6) is 0.0490. The monoisotopic (exact) mass is 266 g/mol. The van der Waals surface area contributed by atoms with Crippen LogP contribution in [0.1, 0.15) is 0 Å². The van der Waals surface area contributed by atoms with E-state index in [1.807, 2.05) is 0 Å². The number of aromatic nitrogens is 4. The summed E-state index contributed by atoms with van der Waals surface area (Å²) >= 11 is 0. The molecule has 2 N–H and O–H groups in total. The van der Waals surface area contributed by atoms with Crippen LogP contribution in [0.3, 0.4) is 0 Å². The Morgan fingerprint density at radius 3 is 1.30 bits per heavy atom. The zero-order valence-corrected chi connectivity index (χ0v) is 10.3. The molecule has 0 saturated heterocycles. The molecule has 1 aromatic carbocycles. The quantitative estimate of drug-likeness (QED) is 0.689. The van der Waals surface area contributed by atoms with Gasteiger partial charge in [0.05, 0.1) is 0 Å². The van der Waals surface area contributed by atoms with Crippen molar-refractivity contribution in [1.29, 1.82) is 0 Å². The summed E-state index contributed by atoms with van der Waals surface area (Å²) in [7, 11) is 0. The third-order valence-corrected chi connectivity index (χ3v) is 2.86. The fraction of sp³-hybridized carbons (Fsp3) is 0. The highest BCUT2D eigenvalue weighted by molar-refractivity contribution is 5.79. The molecule has 0 aliphatic heterocycles. The van der Waals surface area contributed by atoms with E-state index in [4.69, 9.17) is 0 Å². The van der Waals surface area contributed by atoms with E-state index in [1.165, 1.54) is 24.8 Å². The maximum absolute atomic E-state index is 10.1. The number of phenols is 2. The summed E-state index contributed by atoms with van der Waals surface area (Å²) in [6, 6.07) is 2.94. The number of phenolic OH excluding ortho intramolecular Hbond substituents is 2. The Hall–Kier alpha value is -3.02. The molecule has 0 bridgehead atoms. The summed E-state index contributed by atoms with van der Waals surface area (Å²) in [6.45, 7) is 0. The maximum Gasteiger partial charge on any atom is 0.124 e. The first-order valence-electron chi connectivity index (χ1n) is 5.82. The van der Waals surface area contributed by atoms with Crippen molar-refractivity contribution in [3.05, 3.63) is 49.6 Å². The molecule has 6 nitrogen and oxygen atoms in total. The summed E-state index contributed by atoms with van der Waals surface area (Å²) in [5, 5.41) is 20.2. The molecule has 6 heteroatoms. The molecule has 98 valence electrons. The number of benzene rings is 1. The van der Waals surface area contributed by atoms with Gasteiger partial charge in [-0.15, -0.1) is 0 Å². The second-order valence-electron chi connectivity index (χ2n) is 4.14. The molecule has 0 fully saturated rings. The van der Waals surface area contributed by atoms with Crippen molar-refractivity contribution in [3.8, 4) is 33.8 Å². The molecule has 3 rings (SSSR count). The third kappa shape index (κ3) is 2.14. The Balaban J connectivity index is 2.13. The van der Waals surface area contributed by atoms with Crippen LogP contribution in [0, 0.1) is 0 Å². The summed E-state index contributed by atoms with van der Waals surface area (Å²) in [5.41, 5.74) is 2.17. The standard InChI is InChI=1S/C14H10N4O2/c19-13-1-11(9-3-15-7-16-4-9)14(20)2-12(13)10-5-17-8-18-6-10/h1-8,19-20H. The first kappa shape index (κ1) is 12.0. The summed E-state index contributed by atoms with van der Waals surface area (Å²) in [4.78, 5) is 15.6. The Morgan fingerprint density at radius 1 is 0.600 bits per heavy atom. The highest BCUT2D eigenvalue weighted by Crippen LogP contribution is 2.38. The average molecular weight is 266 g/mol. The zero-order chi connectivity index (χ0) is 13.9. The molecule has 0 spiro atoms. The fourth-order valence-electron chi connectivity index (χ4n) is 1.92. The van der Waals surface area contributed by atoms with Crippen molar-refractivity contribution >= 4 is 0 Å². The first-order chi connectivity index (χ1) is 9.75. The Morgan fingerprint density at radius 2 is 0.950 bits per heavy atom. The van der Waals surface area contributed by atoms with Gasteiger partial charge < -0.3 is 10.2 Å². The van der Waals surface area contributed by atoms with E-state index in [-0.39, 0.29) is 11.5 Å². The van der Waals surface area contributed by atoms with Crippen molar-refractivity contribution in [1.82, 2.24) is 19.9 Å². The Bertz CT molecular complexity index is 668. The van der Waals surface area contributed by atoms with E-state index in [2.05, 4.69) is 19.9 Å². The summed E-state index contributed by atoms with van der Waals surface area (Å²) < 4.78 is 0. The van der Waals surface area contributed by atoms with Gasteiger partial charge in [0.1, 0.15) is 24.2 Å².